The average Bonchev–Trinajstić information content (AvgIpc) is 3.46. The maximum Gasteiger partial charge on any atom is 0.343 e. The summed E-state index contributed by atoms with van der Waals surface area (Å²) in [6, 6.07) is 22.1. The zero-order valence-electron chi connectivity index (χ0n) is 29.8. The van der Waals surface area contributed by atoms with Crippen LogP contribution in [0.4, 0.5) is 0 Å². The number of ether oxygens (including phenoxy) is 6. The lowest BCUT2D eigenvalue weighted by atomic mass is 9.95. The number of esters is 2. The lowest BCUT2D eigenvalue weighted by Gasteiger charge is -2.25. The Bertz CT molecular complexity index is 2420. The second-order valence-corrected chi connectivity index (χ2v) is 13.7. The Morgan fingerprint density at radius 3 is 2.40 bits per heavy atom. The molecule has 1 aliphatic heterocycles. The molecule has 274 valence electrons. The summed E-state index contributed by atoms with van der Waals surface area (Å²) in [4.78, 5) is 44.6. The van der Waals surface area contributed by atoms with E-state index in [1.54, 1.807) is 51.3 Å². The van der Waals surface area contributed by atoms with Crippen LogP contribution in [-0.2, 0) is 25.7 Å². The Morgan fingerprint density at radius 1 is 0.887 bits per heavy atom. The predicted molar refractivity (Wildman–Crippen MR) is 204 cm³/mol. The highest BCUT2D eigenvalue weighted by atomic mass is 79.9. The molecule has 0 bridgehead atoms. The van der Waals surface area contributed by atoms with Gasteiger partial charge in [0, 0.05) is 4.47 Å². The summed E-state index contributed by atoms with van der Waals surface area (Å²) in [5.41, 5.74) is 2.51. The highest BCUT2D eigenvalue weighted by Crippen LogP contribution is 2.37. The van der Waals surface area contributed by atoms with E-state index in [1.807, 2.05) is 31.2 Å². The largest absolute Gasteiger partial charge is 0.493 e. The minimum Gasteiger partial charge on any atom is -0.493 e. The van der Waals surface area contributed by atoms with Crippen LogP contribution in [0.3, 0.4) is 0 Å². The molecule has 0 fully saturated rings. The van der Waals surface area contributed by atoms with E-state index in [-0.39, 0.29) is 24.3 Å². The number of carbonyl (C=O) groups excluding carboxylic acids is 2. The van der Waals surface area contributed by atoms with Crippen molar-refractivity contribution < 1.29 is 38.0 Å². The van der Waals surface area contributed by atoms with Crippen LogP contribution in [0, 0.1) is 0 Å². The zero-order chi connectivity index (χ0) is 37.6. The molecule has 1 atom stereocenters. The molecule has 53 heavy (non-hydrogen) atoms. The van der Waals surface area contributed by atoms with Crippen molar-refractivity contribution in [2.24, 2.45) is 4.99 Å². The van der Waals surface area contributed by atoms with Crippen molar-refractivity contribution in [1.29, 1.82) is 0 Å². The minimum absolute atomic E-state index is 0.134. The van der Waals surface area contributed by atoms with E-state index in [0.717, 1.165) is 16.3 Å². The number of halogens is 1. The number of hydrogen-bond donors (Lipinski definition) is 0. The molecule has 0 spiro atoms. The SMILES string of the molecule is CCOC(=O)C1=C(C)N=c2s/c(=C\c3cc(OC)c(OCc4ccc5ccccc5c4)cc3Br)c(=O)n2[C@@H]1c1ccc(OCC(=O)OC)c(OCC)c1. The molecule has 6 rings (SSSR count). The molecular formula is C40H37BrN2O9S. The van der Waals surface area contributed by atoms with Gasteiger partial charge in [-0.3, -0.25) is 9.36 Å². The summed E-state index contributed by atoms with van der Waals surface area (Å²) in [6.45, 7) is 5.68. The first-order chi connectivity index (χ1) is 25.6. The van der Waals surface area contributed by atoms with Crippen LogP contribution < -0.4 is 33.8 Å². The number of nitrogens with zero attached hydrogens (tertiary/aromatic N) is 2. The highest BCUT2D eigenvalue weighted by Gasteiger charge is 2.34. The van der Waals surface area contributed by atoms with Crippen LogP contribution in [-0.4, -0.2) is 50.5 Å². The maximum absolute atomic E-state index is 14.3. The summed E-state index contributed by atoms with van der Waals surface area (Å²) >= 11 is 4.86. The molecular weight excluding hydrogens is 764 g/mol. The van der Waals surface area contributed by atoms with Crippen molar-refractivity contribution in [1.82, 2.24) is 4.57 Å². The molecule has 4 aromatic carbocycles. The second kappa shape index (κ2) is 16.5. The fourth-order valence-electron chi connectivity index (χ4n) is 5.95. The van der Waals surface area contributed by atoms with E-state index in [1.165, 1.54) is 23.0 Å². The number of methoxy groups -OCH3 is 2. The lowest BCUT2D eigenvalue weighted by Crippen LogP contribution is -2.40. The second-order valence-electron chi connectivity index (χ2n) is 11.8. The number of carbonyl (C=O) groups is 2. The highest BCUT2D eigenvalue weighted by molar-refractivity contribution is 9.10. The Labute approximate surface area is 317 Å². The number of benzene rings is 4. The quantitative estimate of drug-likeness (QED) is 0.127. The van der Waals surface area contributed by atoms with Gasteiger partial charge in [-0.05, 0) is 84.6 Å². The third-order valence-corrected chi connectivity index (χ3v) is 10.1. The summed E-state index contributed by atoms with van der Waals surface area (Å²) < 4.78 is 36.1. The molecule has 13 heteroatoms. The summed E-state index contributed by atoms with van der Waals surface area (Å²) in [6.07, 6.45) is 1.75. The molecule has 0 radical (unpaired) electrons. The van der Waals surface area contributed by atoms with E-state index in [9.17, 15) is 14.4 Å². The lowest BCUT2D eigenvalue weighted by molar-refractivity contribution is -0.143. The van der Waals surface area contributed by atoms with Crippen molar-refractivity contribution in [2.45, 2.75) is 33.4 Å². The summed E-state index contributed by atoms with van der Waals surface area (Å²) in [5.74, 6) is 0.500. The molecule has 0 N–H and O–H groups in total. The van der Waals surface area contributed by atoms with Crippen molar-refractivity contribution >= 4 is 56.1 Å². The van der Waals surface area contributed by atoms with Crippen LogP contribution in [0.1, 0.15) is 43.5 Å². The van der Waals surface area contributed by atoms with E-state index in [4.69, 9.17) is 28.4 Å². The number of hydrogen-bond acceptors (Lipinski definition) is 11. The van der Waals surface area contributed by atoms with Gasteiger partial charge in [0.2, 0.25) is 0 Å². The van der Waals surface area contributed by atoms with Crippen LogP contribution in [0.5, 0.6) is 23.0 Å². The maximum atomic E-state index is 14.3. The Morgan fingerprint density at radius 2 is 1.66 bits per heavy atom. The van der Waals surface area contributed by atoms with Gasteiger partial charge < -0.3 is 28.4 Å². The topological polar surface area (TPSA) is 124 Å². The van der Waals surface area contributed by atoms with Gasteiger partial charge in [-0.15, -0.1) is 0 Å². The van der Waals surface area contributed by atoms with Gasteiger partial charge in [0.1, 0.15) is 6.61 Å². The minimum atomic E-state index is -0.898. The number of fused-ring (bicyclic) bond motifs is 2. The molecule has 0 unspecified atom stereocenters. The molecule has 0 saturated carbocycles. The Balaban J connectivity index is 1.39. The summed E-state index contributed by atoms with van der Waals surface area (Å²) in [5, 5.41) is 2.28. The fraction of sp³-hybridized carbons (Fsp3) is 0.250. The summed E-state index contributed by atoms with van der Waals surface area (Å²) in [7, 11) is 2.83. The Kier molecular flexibility index (Phi) is 11.6. The standard InChI is InChI=1S/C40H37BrN2O9S/c1-6-49-32-17-27(14-15-30(32)52-22-35(44)48-5)37-36(39(46)50-7-2)23(3)42-40-43(37)38(45)34(53-40)19-28-18-31(47-4)33(20-29(28)41)51-21-24-12-13-25-10-8-9-11-26(25)16-24/h8-20,37H,6-7,21-22H2,1-5H3/b34-19-/t37-/m1/s1. The molecule has 11 nitrogen and oxygen atoms in total. The van der Waals surface area contributed by atoms with Gasteiger partial charge in [0.05, 0.1) is 49.3 Å². The Hall–Kier alpha value is -5.40. The number of thiazole rings is 1. The molecule has 5 aromatic rings. The number of aromatic nitrogens is 1. The first-order valence-electron chi connectivity index (χ1n) is 16.8. The van der Waals surface area contributed by atoms with Crippen molar-refractivity contribution in [3.8, 4) is 23.0 Å². The van der Waals surface area contributed by atoms with Gasteiger partial charge in [-0.1, -0.05) is 69.7 Å². The molecule has 1 aromatic heterocycles. The monoisotopic (exact) mass is 800 g/mol. The molecule has 0 amide bonds. The van der Waals surface area contributed by atoms with E-state index >= 15 is 0 Å². The van der Waals surface area contributed by atoms with Gasteiger partial charge in [-0.25, -0.2) is 14.6 Å². The van der Waals surface area contributed by atoms with Gasteiger partial charge >= 0.3 is 11.9 Å². The van der Waals surface area contributed by atoms with E-state index < -0.39 is 18.0 Å². The molecule has 2 heterocycles. The van der Waals surface area contributed by atoms with Crippen LogP contribution in [0.25, 0.3) is 16.8 Å². The smallest absolute Gasteiger partial charge is 0.343 e. The van der Waals surface area contributed by atoms with E-state index in [2.05, 4.69) is 45.2 Å². The first kappa shape index (κ1) is 37.4. The van der Waals surface area contributed by atoms with Gasteiger partial charge in [0.25, 0.3) is 5.56 Å². The number of rotatable bonds is 13. The molecule has 1 aliphatic rings. The van der Waals surface area contributed by atoms with Crippen molar-refractivity contribution in [3.63, 3.8) is 0 Å². The van der Waals surface area contributed by atoms with Crippen LogP contribution in [0.2, 0.25) is 0 Å². The normalized spacial score (nSPS) is 14.0. The zero-order valence-corrected chi connectivity index (χ0v) is 32.2. The van der Waals surface area contributed by atoms with Crippen LogP contribution in [0.15, 0.2) is 98.3 Å². The first-order valence-corrected chi connectivity index (χ1v) is 18.4. The van der Waals surface area contributed by atoms with Gasteiger partial charge in [0.15, 0.2) is 34.4 Å². The third-order valence-electron chi connectivity index (χ3n) is 8.45. The average molecular weight is 802 g/mol. The molecule has 0 aliphatic carbocycles. The van der Waals surface area contributed by atoms with Crippen molar-refractivity contribution in [3.05, 3.63) is 125 Å². The van der Waals surface area contributed by atoms with Gasteiger partial charge in [-0.2, -0.15) is 0 Å². The third kappa shape index (κ3) is 8.01. The molecule has 0 saturated heterocycles. The predicted octanol–water partition coefficient (Wildman–Crippen LogP) is 6.25. The van der Waals surface area contributed by atoms with Crippen LogP contribution >= 0.6 is 27.3 Å². The fourth-order valence-corrected chi connectivity index (χ4v) is 7.42. The number of allylic oxidation sites excluding steroid dienone is 1. The van der Waals surface area contributed by atoms with E-state index in [0.29, 0.717) is 66.8 Å². The van der Waals surface area contributed by atoms with Crippen molar-refractivity contribution in [2.75, 3.05) is 34.0 Å².